The normalized spacial score (nSPS) is 11.9. The minimum atomic E-state index is -1.18. The maximum Gasteiger partial charge on any atom is 0.326 e. The zero-order valence-electron chi connectivity index (χ0n) is 9.11. The molecule has 0 saturated carbocycles. The standard InChI is InChI=1S/C11H12FNO4/c1-2-8(11(16)17)13-10(15)7-5-6(12)3-4-9(7)14/h3-5,8,14H,2H2,1H3,(H,13,15)(H,16,17)/t8-/m1/s1. The van der Waals surface area contributed by atoms with Crippen molar-refractivity contribution in [1.82, 2.24) is 5.32 Å². The number of carboxylic acid groups (broad SMARTS) is 1. The molecule has 0 unspecified atom stereocenters. The lowest BCUT2D eigenvalue weighted by molar-refractivity contribution is -0.139. The fourth-order valence-corrected chi connectivity index (χ4v) is 1.26. The van der Waals surface area contributed by atoms with Gasteiger partial charge < -0.3 is 15.5 Å². The molecule has 0 saturated heterocycles. The third-order valence-electron chi connectivity index (χ3n) is 2.21. The highest BCUT2D eigenvalue weighted by Gasteiger charge is 2.20. The molecule has 1 amide bonds. The van der Waals surface area contributed by atoms with Crippen LogP contribution in [0.5, 0.6) is 5.75 Å². The van der Waals surface area contributed by atoms with Crippen LogP contribution in [-0.2, 0) is 4.79 Å². The lowest BCUT2D eigenvalue weighted by Crippen LogP contribution is -2.40. The number of carboxylic acids is 1. The van der Waals surface area contributed by atoms with Gasteiger partial charge in [-0.05, 0) is 24.6 Å². The average Bonchev–Trinajstić information content (AvgIpc) is 2.28. The predicted molar refractivity (Wildman–Crippen MR) is 57.2 cm³/mol. The molecule has 0 radical (unpaired) electrons. The van der Waals surface area contributed by atoms with Crippen molar-refractivity contribution in [3.63, 3.8) is 0 Å². The number of aromatic hydroxyl groups is 1. The Bertz CT molecular complexity index is 447. The number of rotatable bonds is 4. The molecule has 0 aromatic heterocycles. The summed E-state index contributed by atoms with van der Waals surface area (Å²) in [5.74, 6) is -3.09. The summed E-state index contributed by atoms with van der Waals surface area (Å²) in [5, 5.41) is 20.3. The van der Waals surface area contributed by atoms with Gasteiger partial charge in [0.25, 0.3) is 5.91 Å². The molecule has 5 nitrogen and oxygen atoms in total. The molecule has 1 rings (SSSR count). The Balaban J connectivity index is 2.89. The third kappa shape index (κ3) is 3.17. The van der Waals surface area contributed by atoms with Crippen molar-refractivity contribution in [2.45, 2.75) is 19.4 Å². The molecule has 17 heavy (non-hydrogen) atoms. The van der Waals surface area contributed by atoms with Gasteiger partial charge in [0, 0.05) is 0 Å². The summed E-state index contributed by atoms with van der Waals surface area (Å²) in [4.78, 5) is 22.3. The molecule has 1 aromatic rings. The van der Waals surface area contributed by atoms with Gasteiger partial charge in [-0.2, -0.15) is 0 Å². The molecule has 0 heterocycles. The predicted octanol–water partition coefficient (Wildman–Crippen LogP) is 1.12. The van der Waals surface area contributed by atoms with E-state index in [0.717, 1.165) is 18.2 Å². The van der Waals surface area contributed by atoms with Crippen molar-refractivity contribution in [3.05, 3.63) is 29.6 Å². The van der Waals surface area contributed by atoms with Gasteiger partial charge in [0.05, 0.1) is 5.56 Å². The smallest absolute Gasteiger partial charge is 0.326 e. The maximum absolute atomic E-state index is 12.9. The minimum absolute atomic E-state index is 0.192. The fraction of sp³-hybridized carbons (Fsp3) is 0.273. The van der Waals surface area contributed by atoms with E-state index in [1.165, 1.54) is 0 Å². The van der Waals surface area contributed by atoms with Crippen LogP contribution in [0.15, 0.2) is 18.2 Å². The largest absolute Gasteiger partial charge is 0.507 e. The summed E-state index contributed by atoms with van der Waals surface area (Å²) >= 11 is 0. The van der Waals surface area contributed by atoms with E-state index in [1.54, 1.807) is 6.92 Å². The highest BCUT2D eigenvalue weighted by molar-refractivity contribution is 5.98. The molecule has 3 N–H and O–H groups in total. The number of hydrogen-bond acceptors (Lipinski definition) is 3. The SMILES string of the molecule is CC[C@@H](NC(=O)c1cc(F)ccc1O)C(=O)O. The second-order valence-corrected chi connectivity index (χ2v) is 3.43. The zero-order valence-corrected chi connectivity index (χ0v) is 9.11. The quantitative estimate of drug-likeness (QED) is 0.737. The van der Waals surface area contributed by atoms with E-state index < -0.39 is 29.5 Å². The number of phenols is 1. The highest BCUT2D eigenvalue weighted by atomic mass is 19.1. The zero-order chi connectivity index (χ0) is 13.0. The molecule has 1 aromatic carbocycles. The second kappa shape index (κ2) is 5.29. The molecular weight excluding hydrogens is 229 g/mol. The molecule has 92 valence electrons. The Hall–Kier alpha value is -2.11. The van der Waals surface area contributed by atoms with E-state index in [9.17, 15) is 19.1 Å². The molecule has 0 fully saturated rings. The monoisotopic (exact) mass is 241 g/mol. The van der Waals surface area contributed by atoms with Gasteiger partial charge in [-0.25, -0.2) is 9.18 Å². The topological polar surface area (TPSA) is 86.6 Å². The average molecular weight is 241 g/mol. The van der Waals surface area contributed by atoms with E-state index in [2.05, 4.69) is 5.32 Å². The molecule has 6 heteroatoms. The first kappa shape index (κ1) is 13.0. The highest BCUT2D eigenvalue weighted by Crippen LogP contribution is 2.17. The molecule has 0 aliphatic rings. The van der Waals surface area contributed by atoms with E-state index in [0.29, 0.717) is 0 Å². The lowest BCUT2D eigenvalue weighted by Gasteiger charge is -2.12. The molecule has 1 atom stereocenters. The van der Waals surface area contributed by atoms with Gasteiger partial charge in [0.1, 0.15) is 17.6 Å². The number of aliphatic carboxylic acids is 1. The van der Waals surface area contributed by atoms with Crippen LogP contribution in [0.1, 0.15) is 23.7 Å². The third-order valence-corrected chi connectivity index (χ3v) is 2.21. The van der Waals surface area contributed by atoms with Crippen LogP contribution in [-0.4, -0.2) is 28.1 Å². The number of carbonyl (C=O) groups excluding carboxylic acids is 1. The summed E-state index contributed by atoms with van der Waals surface area (Å²) in [6, 6.07) is 1.82. The maximum atomic E-state index is 12.9. The number of halogens is 1. The number of carbonyl (C=O) groups is 2. The van der Waals surface area contributed by atoms with E-state index >= 15 is 0 Å². The summed E-state index contributed by atoms with van der Waals surface area (Å²) in [7, 11) is 0. The number of hydrogen-bond donors (Lipinski definition) is 3. The van der Waals surface area contributed by atoms with Gasteiger partial charge in [0.2, 0.25) is 0 Å². The van der Waals surface area contributed by atoms with Gasteiger partial charge in [0.15, 0.2) is 0 Å². The number of amides is 1. The Morgan fingerprint density at radius 3 is 2.65 bits per heavy atom. The number of benzene rings is 1. The van der Waals surface area contributed by atoms with E-state index in [4.69, 9.17) is 5.11 Å². The summed E-state index contributed by atoms with van der Waals surface area (Å²) in [5.41, 5.74) is -0.287. The molecule has 0 aliphatic heterocycles. The lowest BCUT2D eigenvalue weighted by atomic mass is 10.1. The number of nitrogens with one attached hydrogen (secondary N) is 1. The van der Waals surface area contributed by atoms with Gasteiger partial charge in [-0.3, -0.25) is 4.79 Å². The van der Waals surface area contributed by atoms with E-state index in [-0.39, 0.29) is 12.0 Å². The molecule has 0 bridgehead atoms. The number of phenolic OH excluding ortho intramolecular Hbond substituents is 1. The first-order valence-electron chi connectivity index (χ1n) is 4.98. The Labute approximate surface area is 96.9 Å². The van der Waals surface area contributed by atoms with Crippen LogP contribution in [0.2, 0.25) is 0 Å². The van der Waals surface area contributed by atoms with Crippen molar-refractivity contribution in [2.24, 2.45) is 0 Å². The van der Waals surface area contributed by atoms with Crippen LogP contribution >= 0.6 is 0 Å². The molecular formula is C11H12FNO4. The second-order valence-electron chi connectivity index (χ2n) is 3.43. The van der Waals surface area contributed by atoms with Crippen molar-refractivity contribution in [3.8, 4) is 5.75 Å². The van der Waals surface area contributed by atoms with E-state index in [1.807, 2.05) is 0 Å². The van der Waals surface area contributed by atoms with Crippen LogP contribution in [0, 0.1) is 5.82 Å². The van der Waals surface area contributed by atoms with Crippen LogP contribution in [0.3, 0.4) is 0 Å². The first-order chi connectivity index (χ1) is 7.95. The Kier molecular flexibility index (Phi) is 4.03. The van der Waals surface area contributed by atoms with Gasteiger partial charge in [-0.1, -0.05) is 6.92 Å². The molecule has 0 spiro atoms. The van der Waals surface area contributed by atoms with Gasteiger partial charge >= 0.3 is 5.97 Å². The van der Waals surface area contributed by atoms with Crippen molar-refractivity contribution in [1.29, 1.82) is 0 Å². The van der Waals surface area contributed by atoms with Crippen LogP contribution in [0.4, 0.5) is 4.39 Å². The summed E-state index contributed by atoms with van der Waals surface area (Å²) in [6.07, 6.45) is 0.192. The van der Waals surface area contributed by atoms with Crippen molar-refractivity contribution in [2.75, 3.05) is 0 Å². The van der Waals surface area contributed by atoms with Crippen molar-refractivity contribution >= 4 is 11.9 Å². The van der Waals surface area contributed by atoms with Gasteiger partial charge in [-0.15, -0.1) is 0 Å². The Morgan fingerprint density at radius 1 is 1.47 bits per heavy atom. The molecule has 0 aliphatic carbocycles. The van der Waals surface area contributed by atoms with Crippen LogP contribution in [0.25, 0.3) is 0 Å². The minimum Gasteiger partial charge on any atom is -0.507 e. The summed E-state index contributed by atoms with van der Waals surface area (Å²) < 4.78 is 12.9. The van der Waals surface area contributed by atoms with Crippen LogP contribution < -0.4 is 5.32 Å². The Morgan fingerprint density at radius 2 is 2.12 bits per heavy atom. The summed E-state index contributed by atoms with van der Waals surface area (Å²) in [6.45, 7) is 1.59. The van der Waals surface area contributed by atoms with Crippen molar-refractivity contribution < 1.29 is 24.2 Å². The first-order valence-corrected chi connectivity index (χ1v) is 4.98. The fourth-order valence-electron chi connectivity index (χ4n) is 1.26.